The van der Waals surface area contributed by atoms with Gasteiger partial charge in [-0.25, -0.2) is 4.98 Å². The summed E-state index contributed by atoms with van der Waals surface area (Å²) in [6.07, 6.45) is 5.40. The maximum Gasteiger partial charge on any atom is 0.233 e. The van der Waals surface area contributed by atoms with Crippen molar-refractivity contribution in [2.75, 3.05) is 43.9 Å². The molecule has 1 aromatic carbocycles. The molecule has 1 saturated heterocycles. The normalized spacial score (nSPS) is 16.3. The van der Waals surface area contributed by atoms with Crippen LogP contribution in [0.5, 0.6) is 5.75 Å². The van der Waals surface area contributed by atoms with Crippen molar-refractivity contribution in [3.8, 4) is 5.75 Å². The molecule has 1 amide bonds. The standard InChI is InChI=1S/C21H25N3O2S/c1-26-18-7-8-22-20(14-18)23-9-11-24(12-10-23)21(25)15-27-19-6-5-16-3-2-4-17(16)13-19/h5-8,13-14H,2-4,9-12,15H2,1H3. The predicted molar refractivity (Wildman–Crippen MR) is 109 cm³/mol. The van der Waals surface area contributed by atoms with Crippen molar-refractivity contribution in [1.82, 2.24) is 9.88 Å². The number of rotatable bonds is 5. The molecule has 0 N–H and O–H groups in total. The van der Waals surface area contributed by atoms with Crippen LogP contribution >= 0.6 is 11.8 Å². The largest absolute Gasteiger partial charge is 0.497 e. The van der Waals surface area contributed by atoms with Crippen molar-refractivity contribution in [2.45, 2.75) is 24.2 Å². The van der Waals surface area contributed by atoms with Crippen molar-refractivity contribution in [2.24, 2.45) is 0 Å². The molecule has 0 spiro atoms. The van der Waals surface area contributed by atoms with Crippen LogP contribution in [0.4, 0.5) is 5.82 Å². The summed E-state index contributed by atoms with van der Waals surface area (Å²) in [5.41, 5.74) is 2.94. The summed E-state index contributed by atoms with van der Waals surface area (Å²) < 4.78 is 5.27. The average molecular weight is 384 g/mol. The molecule has 0 atom stereocenters. The average Bonchev–Trinajstić information content (AvgIpc) is 3.20. The highest BCUT2D eigenvalue weighted by molar-refractivity contribution is 8.00. The summed E-state index contributed by atoms with van der Waals surface area (Å²) in [6, 6.07) is 10.5. The Bertz CT molecular complexity index is 819. The Labute approximate surface area is 164 Å². The van der Waals surface area contributed by atoms with Crippen molar-refractivity contribution in [3.63, 3.8) is 0 Å². The van der Waals surface area contributed by atoms with E-state index in [9.17, 15) is 4.79 Å². The Morgan fingerprint density at radius 1 is 1.11 bits per heavy atom. The number of aryl methyl sites for hydroxylation is 2. The highest BCUT2D eigenvalue weighted by Crippen LogP contribution is 2.28. The summed E-state index contributed by atoms with van der Waals surface area (Å²) in [6.45, 7) is 3.08. The number of aromatic nitrogens is 1. The van der Waals surface area contributed by atoms with E-state index in [1.54, 1.807) is 25.1 Å². The number of carbonyl (C=O) groups is 1. The second-order valence-electron chi connectivity index (χ2n) is 6.99. The van der Waals surface area contributed by atoms with Crippen molar-refractivity contribution in [3.05, 3.63) is 47.7 Å². The van der Waals surface area contributed by atoms with Gasteiger partial charge in [-0.2, -0.15) is 0 Å². The maximum absolute atomic E-state index is 12.6. The van der Waals surface area contributed by atoms with Crippen molar-refractivity contribution in [1.29, 1.82) is 0 Å². The Morgan fingerprint density at radius 2 is 1.93 bits per heavy atom. The molecule has 2 aliphatic rings. The second kappa shape index (κ2) is 8.21. The van der Waals surface area contributed by atoms with Crippen LogP contribution < -0.4 is 9.64 Å². The van der Waals surface area contributed by atoms with Crippen molar-refractivity contribution < 1.29 is 9.53 Å². The molecule has 1 aliphatic carbocycles. The van der Waals surface area contributed by atoms with Gasteiger partial charge in [0, 0.05) is 43.3 Å². The number of hydrogen-bond donors (Lipinski definition) is 0. The Morgan fingerprint density at radius 3 is 2.74 bits per heavy atom. The van der Waals surface area contributed by atoms with Gasteiger partial charge in [-0.05, 0) is 48.6 Å². The predicted octanol–water partition coefficient (Wildman–Crippen LogP) is 3.02. The van der Waals surface area contributed by atoms with Crippen molar-refractivity contribution >= 4 is 23.5 Å². The van der Waals surface area contributed by atoms with Crippen LogP contribution in [-0.2, 0) is 17.6 Å². The fraction of sp³-hybridized carbons (Fsp3) is 0.429. The van der Waals surface area contributed by atoms with Gasteiger partial charge < -0.3 is 14.5 Å². The van der Waals surface area contributed by atoms with Gasteiger partial charge in [-0.15, -0.1) is 11.8 Å². The van der Waals surface area contributed by atoms with E-state index in [1.807, 2.05) is 17.0 Å². The number of benzene rings is 1. The van der Waals surface area contributed by atoms with Gasteiger partial charge in [0.15, 0.2) is 0 Å². The number of carbonyl (C=O) groups excluding carboxylic acids is 1. The first-order chi connectivity index (χ1) is 13.2. The summed E-state index contributed by atoms with van der Waals surface area (Å²) in [5.74, 6) is 2.45. The SMILES string of the molecule is COc1ccnc(N2CCN(C(=O)CSc3ccc4c(c3)CCC4)CC2)c1. The lowest BCUT2D eigenvalue weighted by atomic mass is 10.1. The molecule has 2 heterocycles. The lowest BCUT2D eigenvalue weighted by Gasteiger charge is -2.35. The first kappa shape index (κ1) is 18.2. The minimum Gasteiger partial charge on any atom is -0.497 e. The number of anilines is 1. The number of pyridine rings is 1. The zero-order chi connectivity index (χ0) is 18.6. The third kappa shape index (κ3) is 4.21. The van der Waals surface area contributed by atoms with Gasteiger partial charge >= 0.3 is 0 Å². The third-order valence-electron chi connectivity index (χ3n) is 5.34. The number of ether oxygens (including phenoxy) is 1. The number of thioether (sulfide) groups is 1. The summed E-state index contributed by atoms with van der Waals surface area (Å²) in [7, 11) is 1.66. The van der Waals surface area contributed by atoms with E-state index in [-0.39, 0.29) is 5.91 Å². The minimum atomic E-state index is 0.221. The van der Waals surface area contributed by atoms with Crippen LogP contribution in [-0.4, -0.2) is 54.8 Å². The molecule has 2 aromatic rings. The van der Waals surface area contributed by atoms with Gasteiger partial charge in [0.1, 0.15) is 11.6 Å². The van der Waals surface area contributed by atoms with Gasteiger partial charge in [0.05, 0.1) is 12.9 Å². The molecule has 6 heteroatoms. The van der Waals surface area contributed by atoms with Gasteiger partial charge in [-0.1, -0.05) is 6.07 Å². The van der Waals surface area contributed by atoms with Crippen LogP contribution in [0, 0.1) is 0 Å². The molecule has 1 aliphatic heterocycles. The Kier molecular flexibility index (Phi) is 5.53. The fourth-order valence-corrected chi connectivity index (χ4v) is 4.62. The molecule has 0 unspecified atom stereocenters. The molecule has 4 rings (SSSR count). The van der Waals surface area contributed by atoms with Crippen LogP contribution in [0.3, 0.4) is 0 Å². The molecular weight excluding hydrogens is 358 g/mol. The van der Waals surface area contributed by atoms with Crippen LogP contribution in [0.15, 0.2) is 41.4 Å². The zero-order valence-electron chi connectivity index (χ0n) is 15.7. The monoisotopic (exact) mass is 383 g/mol. The van der Waals surface area contributed by atoms with Crippen LogP contribution in [0.25, 0.3) is 0 Å². The Hall–Kier alpha value is -2.21. The number of hydrogen-bond acceptors (Lipinski definition) is 5. The van der Waals surface area contributed by atoms with Gasteiger partial charge in [0.2, 0.25) is 5.91 Å². The number of nitrogens with zero attached hydrogens (tertiary/aromatic N) is 3. The molecule has 1 aromatic heterocycles. The minimum absolute atomic E-state index is 0.221. The van der Waals surface area contributed by atoms with E-state index in [0.29, 0.717) is 5.75 Å². The summed E-state index contributed by atoms with van der Waals surface area (Å²) in [5, 5.41) is 0. The van der Waals surface area contributed by atoms with E-state index < -0.39 is 0 Å². The van der Waals surface area contributed by atoms with Gasteiger partial charge in [-0.3, -0.25) is 4.79 Å². The van der Waals surface area contributed by atoms with E-state index >= 15 is 0 Å². The van der Waals surface area contributed by atoms with E-state index in [0.717, 1.165) is 37.7 Å². The second-order valence-corrected chi connectivity index (χ2v) is 8.04. The first-order valence-electron chi connectivity index (χ1n) is 9.50. The molecule has 5 nitrogen and oxygen atoms in total. The summed E-state index contributed by atoms with van der Waals surface area (Å²) >= 11 is 1.66. The van der Waals surface area contributed by atoms with E-state index in [2.05, 4.69) is 28.1 Å². The molecule has 0 bridgehead atoms. The quantitative estimate of drug-likeness (QED) is 0.743. The molecule has 1 fully saturated rings. The Balaban J connectivity index is 1.28. The highest BCUT2D eigenvalue weighted by Gasteiger charge is 2.22. The van der Waals surface area contributed by atoms with E-state index in [1.165, 1.54) is 35.3 Å². The van der Waals surface area contributed by atoms with Crippen LogP contribution in [0.1, 0.15) is 17.5 Å². The van der Waals surface area contributed by atoms with E-state index in [4.69, 9.17) is 4.74 Å². The van der Waals surface area contributed by atoms with Gasteiger partial charge in [0.25, 0.3) is 0 Å². The molecule has 0 radical (unpaired) electrons. The molecular formula is C21H25N3O2S. The lowest BCUT2D eigenvalue weighted by molar-refractivity contribution is -0.128. The number of fused-ring (bicyclic) bond motifs is 1. The zero-order valence-corrected chi connectivity index (χ0v) is 16.5. The molecule has 142 valence electrons. The topological polar surface area (TPSA) is 45.7 Å². The molecule has 27 heavy (non-hydrogen) atoms. The third-order valence-corrected chi connectivity index (χ3v) is 6.32. The number of piperazine rings is 1. The van der Waals surface area contributed by atoms with Crippen LogP contribution in [0.2, 0.25) is 0 Å². The first-order valence-corrected chi connectivity index (χ1v) is 10.5. The number of methoxy groups -OCH3 is 1. The lowest BCUT2D eigenvalue weighted by Crippen LogP contribution is -2.49. The molecule has 0 saturated carbocycles. The number of amides is 1. The smallest absolute Gasteiger partial charge is 0.233 e. The highest BCUT2D eigenvalue weighted by atomic mass is 32.2. The maximum atomic E-state index is 12.6. The summed E-state index contributed by atoms with van der Waals surface area (Å²) in [4.78, 5) is 22.4. The fourth-order valence-electron chi connectivity index (χ4n) is 3.76.